The lowest BCUT2D eigenvalue weighted by Gasteiger charge is -2.19. The summed E-state index contributed by atoms with van der Waals surface area (Å²) in [5.74, 6) is 1.70. The first-order valence-corrected chi connectivity index (χ1v) is 8.31. The average Bonchev–Trinajstić information content (AvgIpc) is 2.07. The van der Waals surface area contributed by atoms with Gasteiger partial charge in [-0.05, 0) is 20.8 Å². The molecule has 0 bridgehead atoms. The zero-order valence-corrected chi connectivity index (χ0v) is 13.6. The predicted octanol–water partition coefficient (Wildman–Crippen LogP) is 4.27. The molecule has 0 aliphatic rings. The van der Waals surface area contributed by atoms with Crippen LogP contribution in [0.2, 0.25) is 0 Å². The van der Waals surface area contributed by atoms with Crippen molar-refractivity contribution < 1.29 is 4.84 Å². The molecule has 0 N–H and O–H groups in total. The minimum atomic E-state index is -0.223. The van der Waals surface area contributed by atoms with E-state index in [1.54, 1.807) is 0 Å². The molecule has 2 nitrogen and oxygen atoms in total. The lowest BCUT2D eigenvalue weighted by molar-refractivity contribution is 0.000836. The molecule has 0 aromatic carbocycles. The fourth-order valence-electron chi connectivity index (χ4n) is 0.670. The average molecular weight is 282 g/mol. The van der Waals surface area contributed by atoms with E-state index in [1.807, 2.05) is 32.5 Å². The molecular weight excluding hydrogens is 258 g/mol. The Labute approximate surface area is 113 Å². The summed E-state index contributed by atoms with van der Waals surface area (Å²) in [6, 6.07) is 0. The molecule has 0 saturated carbocycles. The molecule has 0 fully saturated rings. The highest BCUT2D eigenvalue weighted by Crippen LogP contribution is 2.24. The van der Waals surface area contributed by atoms with Gasteiger partial charge in [0.15, 0.2) is 0 Å². The number of thiol groups is 1. The Kier molecular flexibility index (Phi) is 7.30. The first-order chi connectivity index (χ1) is 7.14. The standard InChI is InChI=1S/C11H23NOS3/c1-10(2,3)13-12-9(8-16-14)7-15-11(4,5)6/h14H,7-8H2,1-6H3/b12-9-. The molecule has 96 valence electrons. The van der Waals surface area contributed by atoms with Gasteiger partial charge in [0.25, 0.3) is 0 Å². The van der Waals surface area contributed by atoms with Crippen molar-refractivity contribution in [3.8, 4) is 0 Å². The van der Waals surface area contributed by atoms with E-state index in [-0.39, 0.29) is 10.3 Å². The summed E-state index contributed by atoms with van der Waals surface area (Å²) < 4.78 is 0.254. The Morgan fingerprint density at radius 1 is 1.12 bits per heavy atom. The topological polar surface area (TPSA) is 21.6 Å². The monoisotopic (exact) mass is 281 g/mol. The van der Waals surface area contributed by atoms with Crippen LogP contribution in [0.25, 0.3) is 0 Å². The van der Waals surface area contributed by atoms with Crippen LogP contribution in [0.3, 0.4) is 0 Å². The van der Waals surface area contributed by atoms with Crippen LogP contribution in [0, 0.1) is 0 Å². The molecule has 0 spiro atoms. The maximum absolute atomic E-state index is 5.44. The third-order valence-electron chi connectivity index (χ3n) is 1.35. The van der Waals surface area contributed by atoms with Gasteiger partial charge < -0.3 is 4.84 Å². The first kappa shape index (κ1) is 16.5. The quantitative estimate of drug-likeness (QED) is 0.352. The summed E-state index contributed by atoms with van der Waals surface area (Å²) in [6.45, 7) is 12.6. The summed E-state index contributed by atoms with van der Waals surface area (Å²) in [5, 5.41) is 4.21. The molecule has 0 radical (unpaired) electrons. The molecule has 0 aromatic rings. The smallest absolute Gasteiger partial charge is 0.129 e. The number of rotatable bonds is 5. The van der Waals surface area contributed by atoms with E-state index >= 15 is 0 Å². The van der Waals surface area contributed by atoms with Crippen molar-refractivity contribution >= 4 is 39.9 Å². The fourth-order valence-corrected chi connectivity index (χ4v) is 2.30. The molecule has 0 aliphatic carbocycles. The van der Waals surface area contributed by atoms with Gasteiger partial charge in [-0.25, -0.2) is 0 Å². The van der Waals surface area contributed by atoms with E-state index in [2.05, 4.69) is 37.6 Å². The molecule has 0 amide bonds. The lowest BCUT2D eigenvalue weighted by atomic mass is 10.2. The van der Waals surface area contributed by atoms with Crippen LogP contribution < -0.4 is 0 Å². The number of oxime groups is 1. The van der Waals surface area contributed by atoms with Crippen molar-refractivity contribution in [1.29, 1.82) is 0 Å². The minimum absolute atomic E-state index is 0.223. The maximum atomic E-state index is 5.44. The van der Waals surface area contributed by atoms with Gasteiger partial charge in [-0.15, -0.1) is 23.4 Å². The van der Waals surface area contributed by atoms with Crippen molar-refractivity contribution in [3.05, 3.63) is 0 Å². The lowest BCUT2D eigenvalue weighted by Crippen LogP contribution is -2.19. The van der Waals surface area contributed by atoms with Crippen molar-refractivity contribution in [3.63, 3.8) is 0 Å². The van der Waals surface area contributed by atoms with Gasteiger partial charge in [0.2, 0.25) is 0 Å². The summed E-state index contributed by atoms with van der Waals surface area (Å²) in [5.41, 5.74) is 0.827. The molecule has 0 saturated heterocycles. The molecule has 0 aliphatic heterocycles. The second-order valence-electron chi connectivity index (χ2n) is 5.54. The van der Waals surface area contributed by atoms with E-state index in [4.69, 9.17) is 4.84 Å². The molecule has 0 unspecified atom stereocenters. The Hall–Kier alpha value is 0.520. The number of hydrogen-bond donors (Lipinski definition) is 1. The molecule has 0 rings (SSSR count). The Balaban J connectivity index is 4.27. The van der Waals surface area contributed by atoms with Gasteiger partial charge in [-0.1, -0.05) is 36.7 Å². The van der Waals surface area contributed by atoms with Crippen molar-refractivity contribution in [2.75, 3.05) is 11.5 Å². The van der Waals surface area contributed by atoms with E-state index in [1.165, 1.54) is 10.8 Å². The van der Waals surface area contributed by atoms with Crippen LogP contribution >= 0.6 is 34.2 Å². The van der Waals surface area contributed by atoms with Gasteiger partial charge >= 0.3 is 0 Å². The highest BCUT2D eigenvalue weighted by molar-refractivity contribution is 8.68. The Bertz CT molecular complexity index is 228. The molecule has 0 atom stereocenters. The zero-order chi connectivity index (χ0) is 12.8. The van der Waals surface area contributed by atoms with Crippen LogP contribution in [0.1, 0.15) is 41.5 Å². The normalized spacial score (nSPS) is 14.1. The van der Waals surface area contributed by atoms with Gasteiger partial charge in [0.05, 0.1) is 5.71 Å². The summed E-state index contributed by atoms with van der Waals surface area (Å²) in [7, 11) is 1.48. The zero-order valence-electron chi connectivity index (χ0n) is 11.0. The second-order valence-corrected chi connectivity index (χ2v) is 8.66. The van der Waals surface area contributed by atoms with Crippen LogP contribution in [0.15, 0.2) is 5.16 Å². The van der Waals surface area contributed by atoms with Crippen molar-refractivity contribution in [2.45, 2.75) is 51.9 Å². The van der Waals surface area contributed by atoms with Crippen LogP contribution in [-0.4, -0.2) is 27.6 Å². The van der Waals surface area contributed by atoms with E-state index in [9.17, 15) is 0 Å². The highest BCUT2D eigenvalue weighted by Gasteiger charge is 2.14. The molecule has 5 heteroatoms. The Morgan fingerprint density at radius 2 is 1.69 bits per heavy atom. The summed E-state index contributed by atoms with van der Waals surface area (Å²) in [4.78, 5) is 5.44. The largest absolute Gasteiger partial charge is 0.390 e. The number of hydrogen-bond acceptors (Lipinski definition) is 5. The van der Waals surface area contributed by atoms with Gasteiger partial charge in [-0.3, -0.25) is 0 Å². The predicted molar refractivity (Wildman–Crippen MR) is 81.9 cm³/mol. The van der Waals surface area contributed by atoms with Gasteiger partial charge in [-0.2, -0.15) is 0 Å². The van der Waals surface area contributed by atoms with Gasteiger partial charge in [0.1, 0.15) is 5.60 Å². The molecule has 16 heavy (non-hydrogen) atoms. The second kappa shape index (κ2) is 7.07. The SMILES string of the molecule is CC(C)(C)O/N=C(\CSS)CSC(C)(C)C. The fraction of sp³-hybridized carbons (Fsp3) is 0.909. The number of thioether (sulfide) groups is 1. The summed E-state index contributed by atoms with van der Waals surface area (Å²) in [6.07, 6.45) is 0. The Morgan fingerprint density at radius 3 is 2.06 bits per heavy atom. The van der Waals surface area contributed by atoms with Crippen molar-refractivity contribution in [1.82, 2.24) is 0 Å². The minimum Gasteiger partial charge on any atom is -0.390 e. The molecular formula is C11H23NOS3. The van der Waals surface area contributed by atoms with Crippen LogP contribution in [0.5, 0.6) is 0 Å². The first-order valence-electron chi connectivity index (χ1n) is 5.28. The molecule has 0 aromatic heterocycles. The molecule has 0 heterocycles. The van der Waals surface area contributed by atoms with E-state index in [0.717, 1.165) is 17.2 Å². The third kappa shape index (κ3) is 11.0. The van der Waals surface area contributed by atoms with E-state index < -0.39 is 0 Å². The number of nitrogens with zero attached hydrogens (tertiary/aromatic N) is 1. The summed E-state index contributed by atoms with van der Waals surface area (Å²) >= 11 is 6.04. The van der Waals surface area contributed by atoms with Crippen molar-refractivity contribution in [2.24, 2.45) is 5.16 Å². The highest BCUT2D eigenvalue weighted by atomic mass is 33.1. The maximum Gasteiger partial charge on any atom is 0.129 e. The van der Waals surface area contributed by atoms with Gasteiger partial charge in [0, 0.05) is 16.3 Å². The van der Waals surface area contributed by atoms with Crippen LogP contribution in [0.4, 0.5) is 0 Å². The third-order valence-corrected chi connectivity index (χ3v) is 3.54. The van der Waals surface area contributed by atoms with E-state index in [0.29, 0.717) is 0 Å². The van der Waals surface area contributed by atoms with Crippen LogP contribution in [-0.2, 0) is 4.84 Å².